The smallest absolute Gasteiger partial charge is 0.263 e. The van der Waals surface area contributed by atoms with Crippen molar-refractivity contribution in [1.82, 2.24) is 14.5 Å². The van der Waals surface area contributed by atoms with Gasteiger partial charge in [-0.3, -0.25) is 19.2 Å². The molecule has 1 aliphatic heterocycles. The number of nitrogens with zero attached hydrogens (tertiary/aromatic N) is 4. The fourth-order valence-corrected chi connectivity index (χ4v) is 4.48. The molecule has 1 aliphatic rings. The highest BCUT2D eigenvalue weighted by atomic mass is 16.5. The second kappa shape index (κ2) is 10.4. The van der Waals surface area contributed by atoms with E-state index in [2.05, 4.69) is 16.0 Å². The average molecular weight is 463 g/mol. The predicted molar refractivity (Wildman–Crippen MR) is 137 cm³/mol. The standard InChI is InChI=1S/C29H26N4O2/c30-20-22-8-1-2-11-26(22)27-18-23(28-12-3-4-13-31-28)21-33(29(27)34)24-9-7-10-25(19-24)35-17-16-32-14-5-6-15-32/h1-4,7-13,18-19,21H,5-6,14-17H2. The molecule has 6 heteroatoms. The lowest BCUT2D eigenvalue weighted by molar-refractivity contribution is 0.238. The summed E-state index contributed by atoms with van der Waals surface area (Å²) in [5.74, 6) is 0.718. The van der Waals surface area contributed by atoms with Gasteiger partial charge < -0.3 is 4.74 Å². The van der Waals surface area contributed by atoms with Crippen LogP contribution in [-0.4, -0.2) is 40.7 Å². The van der Waals surface area contributed by atoms with Crippen LogP contribution in [0.2, 0.25) is 0 Å². The van der Waals surface area contributed by atoms with Gasteiger partial charge in [-0.1, -0.05) is 30.3 Å². The number of rotatable bonds is 7. The van der Waals surface area contributed by atoms with E-state index >= 15 is 0 Å². The molecule has 0 N–H and O–H groups in total. The Balaban J connectivity index is 1.56. The third-order valence-electron chi connectivity index (χ3n) is 6.29. The molecule has 0 unspecified atom stereocenters. The topological polar surface area (TPSA) is 71.2 Å². The molecule has 4 aromatic rings. The van der Waals surface area contributed by atoms with Gasteiger partial charge in [0.05, 0.1) is 23.0 Å². The van der Waals surface area contributed by atoms with Crippen LogP contribution >= 0.6 is 0 Å². The SMILES string of the molecule is N#Cc1ccccc1-c1cc(-c2ccccn2)cn(-c2cccc(OCCN3CCCC3)c2)c1=O. The van der Waals surface area contributed by atoms with Crippen LogP contribution < -0.4 is 10.3 Å². The van der Waals surface area contributed by atoms with Gasteiger partial charge in [0.25, 0.3) is 5.56 Å². The summed E-state index contributed by atoms with van der Waals surface area (Å²) in [7, 11) is 0. The molecule has 0 radical (unpaired) electrons. The first-order chi connectivity index (χ1) is 17.2. The Hall–Kier alpha value is -4.21. The van der Waals surface area contributed by atoms with Gasteiger partial charge in [0.15, 0.2) is 0 Å². The van der Waals surface area contributed by atoms with Gasteiger partial charge in [-0.2, -0.15) is 5.26 Å². The number of benzene rings is 2. The maximum Gasteiger partial charge on any atom is 0.263 e. The molecule has 0 saturated carbocycles. The number of ether oxygens (including phenoxy) is 1. The van der Waals surface area contributed by atoms with Crippen molar-refractivity contribution in [2.45, 2.75) is 12.8 Å². The molecular formula is C29H26N4O2. The van der Waals surface area contributed by atoms with Crippen LogP contribution in [-0.2, 0) is 0 Å². The Bertz CT molecular complexity index is 1420. The van der Waals surface area contributed by atoms with Crippen LogP contribution in [0.4, 0.5) is 0 Å². The van der Waals surface area contributed by atoms with E-state index in [1.165, 1.54) is 12.8 Å². The van der Waals surface area contributed by atoms with Crippen LogP contribution in [0.5, 0.6) is 5.75 Å². The monoisotopic (exact) mass is 462 g/mol. The molecule has 6 nitrogen and oxygen atoms in total. The first kappa shape index (κ1) is 22.6. The van der Waals surface area contributed by atoms with Crippen molar-refractivity contribution >= 4 is 0 Å². The van der Waals surface area contributed by atoms with Crippen molar-refractivity contribution in [3.63, 3.8) is 0 Å². The minimum Gasteiger partial charge on any atom is -0.492 e. The van der Waals surface area contributed by atoms with E-state index in [0.29, 0.717) is 29.0 Å². The highest BCUT2D eigenvalue weighted by Gasteiger charge is 2.16. The molecule has 0 spiro atoms. The van der Waals surface area contributed by atoms with E-state index in [9.17, 15) is 10.1 Å². The largest absolute Gasteiger partial charge is 0.492 e. The summed E-state index contributed by atoms with van der Waals surface area (Å²) in [6.07, 6.45) is 6.03. The van der Waals surface area contributed by atoms with Crippen LogP contribution in [0.1, 0.15) is 18.4 Å². The highest BCUT2D eigenvalue weighted by Crippen LogP contribution is 2.27. The molecule has 174 valence electrons. The molecule has 2 aromatic heterocycles. The number of likely N-dealkylation sites (tertiary alicyclic amines) is 1. The minimum absolute atomic E-state index is 0.207. The fraction of sp³-hybridized carbons (Fsp3) is 0.207. The first-order valence-corrected chi connectivity index (χ1v) is 11.9. The van der Waals surface area contributed by atoms with Gasteiger partial charge in [-0.15, -0.1) is 0 Å². The zero-order valence-electron chi connectivity index (χ0n) is 19.4. The molecular weight excluding hydrogens is 436 g/mol. The van der Waals surface area contributed by atoms with E-state index in [0.717, 1.165) is 36.6 Å². The lowest BCUT2D eigenvalue weighted by atomic mass is 9.99. The van der Waals surface area contributed by atoms with E-state index < -0.39 is 0 Å². The van der Waals surface area contributed by atoms with Crippen LogP contribution in [0.15, 0.2) is 90.0 Å². The van der Waals surface area contributed by atoms with Gasteiger partial charge in [-0.05, 0) is 62.3 Å². The number of hydrogen-bond acceptors (Lipinski definition) is 5. The van der Waals surface area contributed by atoms with E-state index in [4.69, 9.17) is 4.74 Å². The molecule has 35 heavy (non-hydrogen) atoms. The summed E-state index contributed by atoms with van der Waals surface area (Å²) in [6, 6.07) is 24.4. The van der Waals surface area contributed by atoms with Crippen LogP contribution in [0.3, 0.4) is 0 Å². The third-order valence-corrected chi connectivity index (χ3v) is 6.29. The van der Waals surface area contributed by atoms with Crippen LogP contribution in [0.25, 0.3) is 28.1 Å². The quantitative estimate of drug-likeness (QED) is 0.390. The predicted octanol–water partition coefficient (Wildman–Crippen LogP) is 4.91. The van der Waals surface area contributed by atoms with Crippen molar-refractivity contribution in [2.24, 2.45) is 0 Å². The zero-order chi connectivity index (χ0) is 24.0. The summed E-state index contributed by atoms with van der Waals surface area (Å²) in [6.45, 7) is 3.76. The van der Waals surface area contributed by atoms with Gasteiger partial charge >= 0.3 is 0 Å². The second-order valence-corrected chi connectivity index (χ2v) is 8.58. The molecule has 0 atom stereocenters. The van der Waals surface area contributed by atoms with E-state index in [-0.39, 0.29) is 5.56 Å². The van der Waals surface area contributed by atoms with Gasteiger partial charge in [0, 0.05) is 41.7 Å². The molecule has 0 aliphatic carbocycles. The van der Waals surface area contributed by atoms with E-state index in [1.54, 1.807) is 35.2 Å². The Morgan fingerprint density at radius 2 is 1.77 bits per heavy atom. The van der Waals surface area contributed by atoms with Gasteiger partial charge in [0.2, 0.25) is 0 Å². The lowest BCUT2D eigenvalue weighted by Crippen LogP contribution is -2.25. The highest BCUT2D eigenvalue weighted by molar-refractivity contribution is 5.74. The number of pyridine rings is 2. The summed E-state index contributed by atoms with van der Waals surface area (Å²) in [4.78, 5) is 20.6. The second-order valence-electron chi connectivity index (χ2n) is 8.58. The van der Waals surface area contributed by atoms with Crippen molar-refractivity contribution in [2.75, 3.05) is 26.2 Å². The Morgan fingerprint density at radius 1 is 0.943 bits per heavy atom. The lowest BCUT2D eigenvalue weighted by Gasteiger charge is -2.16. The summed E-state index contributed by atoms with van der Waals surface area (Å²) in [5, 5.41) is 9.65. The van der Waals surface area contributed by atoms with Gasteiger partial charge in [0.1, 0.15) is 12.4 Å². The molecule has 5 rings (SSSR count). The molecule has 1 saturated heterocycles. The summed E-state index contributed by atoms with van der Waals surface area (Å²) in [5.41, 5.74) is 3.52. The number of nitriles is 1. The number of hydrogen-bond donors (Lipinski definition) is 0. The molecule has 0 amide bonds. The minimum atomic E-state index is -0.207. The molecule has 0 bridgehead atoms. The summed E-state index contributed by atoms with van der Waals surface area (Å²) < 4.78 is 7.64. The van der Waals surface area contributed by atoms with Crippen LogP contribution in [0, 0.1) is 11.3 Å². The molecule has 1 fully saturated rings. The number of aromatic nitrogens is 2. The van der Waals surface area contributed by atoms with Crippen molar-refractivity contribution in [3.8, 4) is 39.9 Å². The van der Waals surface area contributed by atoms with Gasteiger partial charge in [-0.25, -0.2) is 0 Å². The third kappa shape index (κ3) is 5.01. The first-order valence-electron chi connectivity index (χ1n) is 11.9. The molecule has 3 heterocycles. The van der Waals surface area contributed by atoms with Crippen molar-refractivity contribution in [1.29, 1.82) is 5.26 Å². The average Bonchev–Trinajstić information content (AvgIpc) is 3.43. The Morgan fingerprint density at radius 3 is 2.57 bits per heavy atom. The normalized spacial score (nSPS) is 13.5. The zero-order valence-corrected chi connectivity index (χ0v) is 19.4. The van der Waals surface area contributed by atoms with Crippen molar-refractivity contribution < 1.29 is 4.74 Å². The van der Waals surface area contributed by atoms with E-state index in [1.807, 2.05) is 54.6 Å². The van der Waals surface area contributed by atoms with Crippen molar-refractivity contribution in [3.05, 3.63) is 101 Å². The maximum absolute atomic E-state index is 13.7. The fourth-order valence-electron chi connectivity index (χ4n) is 4.48. The summed E-state index contributed by atoms with van der Waals surface area (Å²) >= 11 is 0. The Labute approximate surface area is 204 Å². The maximum atomic E-state index is 13.7. The molecule has 2 aromatic carbocycles. The Kier molecular flexibility index (Phi) is 6.69.